The molecule has 14 heavy (non-hydrogen) atoms. The predicted octanol–water partition coefficient (Wildman–Crippen LogP) is 2.42. The number of rotatable bonds is 2. The molecule has 0 saturated heterocycles. The summed E-state index contributed by atoms with van der Waals surface area (Å²) < 4.78 is 5.19. The van der Waals surface area contributed by atoms with Crippen molar-refractivity contribution in [1.82, 2.24) is 0 Å². The van der Waals surface area contributed by atoms with Crippen LogP contribution in [-0.4, -0.2) is 16.1 Å². The summed E-state index contributed by atoms with van der Waals surface area (Å²) in [6, 6.07) is 4.94. The highest BCUT2D eigenvalue weighted by Gasteiger charge is 2.13. The Labute approximate surface area is 87.3 Å². The van der Waals surface area contributed by atoms with E-state index in [0.717, 1.165) is 5.56 Å². The van der Waals surface area contributed by atoms with Crippen molar-refractivity contribution in [3.63, 3.8) is 0 Å². The lowest BCUT2D eigenvalue weighted by Gasteiger charge is -2.09. The van der Waals surface area contributed by atoms with Gasteiger partial charge in [0, 0.05) is 6.92 Å². The van der Waals surface area contributed by atoms with E-state index < -0.39 is 5.97 Å². The molecule has 0 aromatic heterocycles. The Morgan fingerprint density at radius 2 is 2.14 bits per heavy atom. The van der Waals surface area contributed by atoms with E-state index >= 15 is 0 Å². The number of hydrogen-bond acceptors (Lipinski definition) is 3. The lowest BCUT2D eigenvalue weighted by Crippen LogP contribution is -2.07. The van der Waals surface area contributed by atoms with Gasteiger partial charge < -0.3 is 9.84 Å². The zero-order valence-electron chi connectivity index (χ0n) is 7.90. The van der Waals surface area contributed by atoms with Crippen LogP contribution < -0.4 is 4.74 Å². The third-order valence-electron chi connectivity index (χ3n) is 1.69. The van der Waals surface area contributed by atoms with E-state index in [0.29, 0.717) is 10.8 Å². The fourth-order valence-corrected chi connectivity index (χ4v) is 1.18. The summed E-state index contributed by atoms with van der Waals surface area (Å²) in [5.74, 6) is -0.688. The summed E-state index contributed by atoms with van der Waals surface area (Å²) >= 11 is 4.77. The molecule has 0 unspecified atom stereocenters. The molecular weight excluding hydrogens is 200 g/mol. The highest BCUT2D eigenvalue weighted by molar-refractivity contribution is 7.80. The van der Waals surface area contributed by atoms with Crippen molar-refractivity contribution in [1.29, 1.82) is 0 Å². The number of aryl methyl sites for hydroxylation is 1. The molecule has 0 radical (unpaired) electrons. The lowest BCUT2D eigenvalue weighted by molar-refractivity contribution is 0.0694. The molecule has 1 rings (SSSR count). The van der Waals surface area contributed by atoms with Gasteiger partial charge in [-0.1, -0.05) is 12.1 Å². The van der Waals surface area contributed by atoms with Gasteiger partial charge in [0.15, 0.2) is 5.05 Å². The summed E-state index contributed by atoms with van der Waals surface area (Å²) in [5.41, 5.74) is 0.892. The number of thiocarbonyl (C=S) groups is 1. The van der Waals surface area contributed by atoms with E-state index in [2.05, 4.69) is 0 Å². The first-order chi connectivity index (χ1) is 6.52. The molecule has 0 spiro atoms. The molecule has 0 fully saturated rings. The highest BCUT2D eigenvalue weighted by Crippen LogP contribution is 2.23. The van der Waals surface area contributed by atoms with E-state index in [1.54, 1.807) is 26.0 Å². The first-order valence-corrected chi connectivity index (χ1v) is 4.44. The van der Waals surface area contributed by atoms with Gasteiger partial charge in [-0.15, -0.1) is 0 Å². The van der Waals surface area contributed by atoms with Crippen molar-refractivity contribution in [2.45, 2.75) is 13.8 Å². The van der Waals surface area contributed by atoms with E-state index in [1.807, 2.05) is 0 Å². The predicted molar refractivity (Wildman–Crippen MR) is 57.0 cm³/mol. The molecule has 0 saturated carbocycles. The number of carboxylic acids is 1. The summed E-state index contributed by atoms with van der Waals surface area (Å²) in [4.78, 5) is 10.8. The van der Waals surface area contributed by atoms with Crippen LogP contribution in [0, 0.1) is 6.92 Å². The zero-order valence-corrected chi connectivity index (χ0v) is 8.72. The highest BCUT2D eigenvalue weighted by atomic mass is 32.1. The van der Waals surface area contributed by atoms with E-state index in [4.69, 9.17) is 22.1 Å². The van der Waals surface area contributed by atoms with Gasteiger partial charge >= 0.3 is 5.97 Å². The van der Waals surface area contributed by atoms with Gasteiger partial charge in [-0.25, -0.2) is 4.79 Å². The summed E-state index contributed by atoms with van der Waals surface area (Å²) in [7, 11) is 0. The third-order valence-corrected chi connectivity index (χ3v) is 1.77. The second-order valence-electron chi connectivity index (χ2n) is 2.85. The van der Waals surface area contributed by atoms with Crippen LogP contribution in [0.5, 0.6) is 5.75 Å². The Morgan fingerprint density at radius 1 is 1.50 bits per heavy atom. The van der Waals surface area contributed by atoms with Gasteiger partial charge in [0.1, 0.15) is 11.3 Å². The molecule has 4 heteroatoms. The fraction of sp³-hybridized carbons (Fsp3) is 0.200. The summed E-state index contributed by atoms with van der Waals surface area (Å²) in [6.45, 7) is 3.38. The van der Waals surface area contributed by atoms with Crippen molar-refractivity contribution < 1.29 is 14.6 Å². The average Bonchev–Trinajstić information content (AvgIpc) is 2.07. The van der Waals surface area contributed by atoms with Crippen LogP contribution in [0.1, 0.15) is 22.8 Å². The Morgan fingerprint density at radius 3 is 2.64 bits per heavy atom. The lowest BCUT2D eigenvalue weighted by atomic mass is 10.1. The largest absolute Gasteiger partial charge is 0.478 e. The van der Waals surface area contributed by atoms with Gasteiger partial charge in [-0.05, 0) is 30.8 Å². The Bertz CT molecular complexity index is 385. The Hall–Kier alpha value is -1.42. The smallest absolute Gasteiger partial charge is 0.339 e. The van der Waals surface area contributed by atoms with Crippen molar-refractivity contribution in [2.24, 2.45) is 0 Å². The number of aromatic carboxylic acids is 1. The number of benzene rings is 1. The van der Waals surface area contributed by atoms with Crippen molar-refractivity contribution in [3.8, 4) is 5.75 Å². The molecular formula is C10H10O3S. The molecule has 0 heterocycles. The minimum absolute atomic E-state index is 0.134. The molecule has 0 aliphatic heterocycles. The molecule has 0 aliphatic rings. The molecule has 1 aromatic carbocycles. The minimum Gasteiger partial charge on any atom is -0.478 e. The number of ether oxygens (including phenoxy) is 1. The SMILES string of the molecule is CC(=S)Oc1c(C)cccc1C(=O)O. The van der Waals surface area contributed by atoms with Crippen LogP contribution in [0.25, 0.3) is 0 Å². The third kappa shape index (κ3) is 2.29. The average molecular weight is 210 g/mol. The van der Waals surface area contributed by atoms with Gasteiger partial charge in [0.2, 0.25) is 0 Å². The second-order valence-corrected chi connectivity index (χ2v) is 3.43. The monoisotopic (exact) mass is 210 g/mol. The molecule has 0 bridgehead atoms. The summed E-state index contributed by atoms with van der Waals surface area (Å²) in [6.07, 6.45) is 0. The first-order valence-electron chi connectivity index (χ1n) is 4.03. The first kappa shape index (κ1) is 10.7. The van der Waals surface area contributed by atoms with Gasteiger partial charge in [-0.2, -0.15) is 0 Å². The number of para-hydroxylation sites is 1. The van der Waals surface area contributed by atoms with Gasteiger partial charge in [0.25, 0.3) is 0 Å². The number of carboxylic acid groups (broad SMARTS) is 1. The van der Waals surface area contributed by atoms with Crippen LogP contribution in [0.15, 0.2) is 18.2 Å². The molecule has 0 aliphatic carbocycles. The number of hydrogen-bond donors (Lipinski definition) is 1. The minimum atomic E-state index is -1.01. The van der Waals surface area contributed by atoms with Crippen molar-refractivity contribution in [2.75, 3.05) is 0 Å². The van der Waals surface area contributed by atoms with E-state index in [1.165, 1.54) is 6.07 Å². The molecule has 1 aromatic rings. The quantitative estimate of drug-likeness (QED) is 0.761. The summed E-state index contributed by atoms with van der Waals surface area (Å²) in [5, 5.41) is 9.19. The van der Waals surface area contributed by atoms with Crippen molar-refractivity contribution >= 4 is 23.2 Å². The second kappa shape index (κ2) is 4.19. The standard InChI is InChI=1S/C10H10O3S/c1-6-4-3-5-8(10(11)12)9(6)13-7(2)14/h3-5H,1-2H3,(H,11,12). The number of carbonyl (C=O) groups is 1. The van der Waals surface area contributed by atoms with Gasteiger partial charge in [-0.3, -0.25) is 0 Å². The van der Waals surface area contributed by atoms with E-state index in [9.17, 15) is 4.79 Å². The fourth-order valence-electron chi connectivity index (χ4n) is 1.10. The molecule has 3 nitrogen and oxygen atoms in total. The Kier molecular flexibility index (Phi) is 3.19. The topological polar surface area (TPSA) is 46.5 Å². The molecule has 1 N–H and O–H groups in total. The van der Waals surface area contributed by atoms with Crippen molar-refractivity contribution in [3.05, 3.63) is 29.3 Å². The van der Waals surface area contributed by atoms with Crippen LogP contribution in [0.4, 0.5) is 0 Å². The zero-order chi connectivity index (χ0) is 10.7. The van der Waals surface area contributed by atoms with E-state index in [-0.39, 0.29) is 5.56 Å². The van der Waals surface area contributed by atoms with Crippen LogP contribution in [0.2, 0.25) is 0 Å². The van der Waals surface area contributed by atoms with Crippen LogP contribution in [-0.2, 0) is 0 Å². The molecule has 0 amide bonds. The van der Waals surface area contributed by atoms with Crippen LogP contribution in [0.3, 0.4) is 0 Å². The van der Waals surface area contributed by atoms with Gasteiger partial charge in [0.05, 0.1) is 0 Å². The maximum Gasteiger partial charge on any atom is 0.339 e. The normalized spacial score (nSPS) is 9.57. The Balaban J connectivity index is 3.22. The van der Waals surface area contributed by atoms with Crippen LogP contribution >= 0.6 is 12.2 Å². The molecule has 0 atom stereocenters. The maximum atomic E-state index is 10.8. The molecule has 74 valence electrons. The maximum absolute atomic E-state index is 10.8.